The molecule has 0 aromatic heterocycles. The number of amides is 1. The third-order valence-electron chi connectivity index (χ3n) is 5.33. The molecule has 1 fully saturated rings. The van der Waals surface area contributed by atoms with Crippen LogP contribution < -0.4 is 10.4 Å². The van der Waals surface area contributed by atoms with Crippen LogP contribution in [0.15, 0.2) is 24.3 Å². The van der Waals surface area contributed by atoms with E-state index >= 15 is 0 Å². The molecule has 0 bridgehead atoms. The fraction of sp³-hybridized carbons (Fsp3) is 0.611. The minimum atomic E-state index is -1.04. The van der Waals surface area contributed by atoms with E-state index in [1.165, 1.54) is 16.0 Å². The quantitative estimate of drug-likeness (QED) is 0.798. The fourth-order valence-corrected chi connectivity index (χ4v) is 4.07. The molecule has 1 N–H and O–H groups in total. The van der Waals surface area contributed by atoms with E-state index < -0.39 is 6.09 Å². The average molecular weight is 301 g/mol. The Labute approximate surface area is 132 Å². The van der Waals surface area contributed by atoms with Crippen molar-refractivity contribution in [1.82, 2.24) is 10.2 Å². The number of benzene rings is 1. The van der Waals surface area contributed by atoms with Crippen LogP contribution in [-0.4, -0.2) is 30.6 Å². The zero-order chi connectivity index (χ0) is 16.0. The molecule has 2 aliphatic rings. The van der Waals surface area contributed by atoms with Gasteiger partial charge in [0.1, 0.15) is 6.09 Å². The van der Waals surface area contributed by atoms with Gasteiger partial charge in [0.15, 0.2) is 0 Å². The number of carboxylic acid groups (broad SMARTS) is 1. The summed E-state index contributed by atoms with van der Waals surface area (Å²) in [5.41, 5.74) is 3.00. The second-order valence-corrected chi connectivity index (χ2v) is 7.80. The Hall–Kier alpha value is -1.55. The van der Waals surface area contributed by atoms with Crippen molar-refractivity contribution >= 4 is 6.09 Å². The molecule has 0 saturated carbocycles. The van der Waals surface area contributed by atoms with Crippen molar-refractivity contribution in [3.8, 4) is 0 Å². The van der Waals surface area contributed by atoms with Gasteiger partial charge in [0.2, 0.25) is 0 Å². The summed E-state index contributed by atoms with van der Waals surface area (Å²) in [4.78, 5) is 12.5. The van der Waals surface area contributed by atoms with Crippen molar-refractivity contribution < 1.29 is 9.90 Å². The highest BCUT2D eigenvalue weighted by atomic mass is 16.4. The number of fused-ring (bicyclic) bond motifs is 2. The lowest BCUT2D eigenvalue weighted by Crippen LogP contribution is -2.56. The summed E-state index contributed by atoms with van der Waals surface area (Å²) in [5.74, 6) is 0. The van der Waals surface area contributed by atoms with Gasteiger partial charge in [-0.05, 0) is 29.4 Å². The molecule has 4 heteroatoms. The molecule has 22 heavy (non-hydrogen) atoms. The SMILES string of the molecule is CC(C)(C)C1NCC2(CCN(C(=O)[O-])CC2)c2ccccc21. The highest BCUT2D eigenvalue weighted by Crippen LogP contribution is 2.46. The Morgan fingerprint density at radius 2 is 1.91 bits per heavy atom. The third kappa shape index (κ3) is 2.50. The molecule has 1 aromatic carbocycles. The largest absolute Gasteiger partial charge is 0.530 e. The van der Waals surface area contributed by atoms with Crippen molar-refractivity contribution in [2.45, 2.75) is 45.1 Å². The molecule has 1 saturated heterocycles. The maximum atomic E-state index is 11.1. The molecule has 0 aliphatic carbocycles. The first-order chi connectivity index (χ1) is 10.3. The van der Waals surface area contributed by atoms with Crippen LogP contribution in [-0.2, 0) is 5.41 Å². The molecule has 1 spiro atoms. The Morgan fingerprint density at radius 3 is 2.50 bits per heavy atom. The number of nitrogens with one attached hydrogen (secondary N) is 1. The van der Waals surface area contributed by atoms with Crippen LogP contribution >= 0.6 is 0 Å². The summed E-state index contributed by atoms with van der Waals surface area (Å²) in [6.45, 7) is 8.85. The molecule has 1 aromatic rings. The van der Waals surface area contributed by atoms with E-state index in [2.05, 4.69) is 50.4 Å². The van der Waals surface area contributed by atoms with Gasteiger partial charge in [-0.1, -0.05) is 45.0 Å². The summed E-state index contributed by atoms with van der Waals surface area (Å²) < 4.78 is 0. The van der Waals surface area contributed by atoms with Gasteiger partial charge in [0.05, 0.1) is 0 Å². The predicted octanol–water partition coefficient (Wildman–Crippen LogP) is 2.05. The second-order valence-electron chi connectivity index (χ2n) is 7.80. The van der Waals surface area contributed by atoms with Crippen molar-refractivity contribution in [1.29, 1.82) is 0 Å². The Morgan fingerprint density at radius 1 is 1.27 bits per heavy atom. The maximum Gasteiger partial charge on any atom is 0.136 e. The van der Waals surface area contributed by atoms with E-state index in [-0.39, 0.29) is 10.8 Å². The number of hydrogen-bond donors (Lipinski definition) is 1. The molecule has 3 rings (SSSR count). The van der Waals surface area contributed by atoms with E-state index in [4.69, 9.17) is 0 Å². The lowest BCUT2D eigenvalue weighted by atomic mass is 9.65. The van der Waals surface area contributed by atoms with Crippen molar-refractivity contribution in [3.63, 3.8) is 0 Å². The molecule has 120 valence electrons. The van der Waals surface area contributed by atoms with Crippen LogP contribution in [0.1, 0.15) is 50.8 Å². The smallest absolute Gasteiger partial charge is 0.136 e. The number of piperidine rings is 1. The molecular formula is C18H25N2O2-. The molecular weight excluding hydrogens is 276 g/mol. The first kappa shape index (κ1) is 15.3. The first-order valence-corrected chi connectivity index (χ1v) is 8.12. The number of nitrogens with zero attached hydrogens (tertiary/aromatic N) is 1. The van der Waals surface area contributed by atoms with Gasteiger partial charge in [-0.25, -0.2) is 0 Å². The molecule has 0 radical (unpaired) electrons. The Balaban J connectivity index is 1.94. The molecule has 2 aliphatic heterocycles. The van der Waals surface area contributed by atoms with E-state index in [1.807, 2.05) is 0 Å². The van der Waals surface area contributed by atoms with Gasteiger partial charge in [0, 0.05) is 31.1 Å². The second kappa shape index (κ2) is 5.27. The van der Waals surface area contributed by atoms with Crippen LogP contribution in [0.2, 0.25) is 0 Å². The Bertz CT molecular complexity index is 569. The maximum absolute atomic E-state index is 11.1. The zero-order valence-electron chi connectivity index (χ0n) is 13.7. The van der Waals surface area contributed by atoms with E-state index in [0.29, 0.717) is 19.1 Å². The number of likely N-dealkylation sites (tertiary alicyclic amines) is 1. The van der Waals surface area contributed by atoms with Crippen LogP contribution in [0.4, 0.5) is 4.79 Å². The van der Waals surface area contributed by atoms with Crippen molar-refractivity contribution in [2.24, 2.45) is 5.41 Å². The van der Waals surface area contributed by atoms with Gasteiger partial charge in [0.25, 0.3) is 0 Å². The van der Waals surface area contributed by atoms with Crippen LogP contribution in [0, 0.1) is 5.41 Å². The summed E-state index contributed by atoms with van der Waals surface area (Å²) in [5, 5.41) is 14.8. The lowest BCUT2D eigenvalue weighted by Gasteiger charge is -2.50. The summed E-state index contributed by atoms with van der Waals surface area (Å²) >= 11 is 0. The minimum absolute atomic E-state index is 0.0598. The average Bonchev–Trinajstić information content (AvgIpc) is 2.47. The summed E-state index contributed by atoms with van der Waals surface area (Å²) in [6, 6.07) is 9.02. The fourth-order valence-electron chi connectivity index (χ4n) is 4.07. The minimum Gasteiger partial charge on any atom is -0.530 e. The molecule has 1 unspecified atom stereocenters. The molecule has 2 heterocycles. The monoisotopic (exact) mass is 301 g/mol. The highest BCUT2D eigenvalue weighted by Gasteiger charge is 2.44. The van der Waals surface area contributed by atoms with Gasteiger partial charge >= 0.3 is 0 Å². The zero-order valence-corrected chi connectivity index (χ0v) is 13.7. The Kier molecular flexibility index (Phi) is 3.68. The lowest BCUT2D eigenvalue weighted by molar-refractivity contribution is -0.266. The van der Waals surface area contributed by atoms with Crippen molar-refractivity contribution in [2.75, 3.05) is 19.6 Å². The van der Waals surface area contributed by atoms with Gasteiger partial charge < -0.3 is 20.1 Å². The number of carbonyl (C=O) groups is 1. The third-order valence-corrected chi connectivity index (χ3v) is 5.33. The standard InChI is InChI=1S/C18H26N2O2/c1-17(2,3)15-13-6-4-5-7-14(13)18(12-19-15)8-10-20(11-9-18)16(21)22/h4-7,15,19H,8-12H2,1-3H3,(H,21,22)/p-1. The van der Waals surface area contributed by atoms with Crippen LogP contribution in [0.3, 0.4) is 0 Å². The number of carbonyl (C=O) groups excluding carboxylic acids is 1. The van der Waals surface area contributed by atoms with Crippen LogP contribution in [0.5, 0.6) is 0 Å². The van der Waals surface area contributed by atoms with E-state index in [1.54, 1.807) is 0 Å². The number of rotatable bonds is 0. The topological polar surface area (TPSA) is 55.4 Å². The van der Waals surface area contributed by atoms with Gasteiger partial charge in [-0.15, -0.1) is 0 Å². The molecule has 1 atom stereocenters. The van der Waals surface area contributed by atoms with Gasteiger partial charge in [-0.3, -0.25) is 0 Å². The van der Waals surface area contributed by atoms with Crippen LogP contribution in [0.25, 0.3) is 0 Å². The molecule has 1 amide bonds. The first-order valence-electron chi connectivity index (χ1n) is 8.12. The normalized spacial score (nSPS) is 24.1. The van der Waals surface area contributed by atoms with E-state index in [9.17, 15) is 9.90 Å². The van der Waals surface area contributed by atoms with Crippen molar-refractivity contribution in [3.05, 3.63) is 35.4 Å². The predicted molar refractivity (Wildman–Crippen MR) is 84.5 cm³/mol. The molecule has 4 nitrogen and oxygen atoms in total. The highest BCUT2D eigenvalue weighted by molar-refractivity contribution is 5.62. The van der Waals surface area contributed by atoms with Gasteiger partial charge in [-0.2, -0.15) is 0 Å². The van der Waals surface area contributed by atoms with E-state index in [0.717, 1.165) is 19.4 Å². The summed E-state index contributed by atoms with van der Waals surface area (Å²) in [6.07, 6.45) is 0.684. The summed E-state index contributed by atoms with van der Waals surface area (Å²) in [7, 11) is 0. The number of hydrogen-bond acceptors (Lipinski definition) is 3.